The van der Waals surface area contributed by atoms with Gasteiger partial charge in [-0.2, -0.15) is 5.26 Å². The first-order valence-electron chi connectivity index (χ1n) is 5.57. The van der Waals surface area contributed by atoms with E-state index in [1.807, 2.05) is 12.1 Å². The summed E-state index contributed by atoms with van der Waals surface area (Å²) in [5, 5.41) is 8.84. The van der Waals surface area contributed by atoms with Gasteiger partial charge in [-0.15, -0.1) is 0 Å². The molecule has 4 heteroatoms. The normalized spacial score (nSPS) is 18.8. The molecule has 1 atom stereocenters. The lowest BCUT2D eigenvalue weighted by Gasteiger charge is -2.17. The molecule has 0 radical (unpaired) electrons. The van der Waals surface area contributed by atoms with E-state index in [2.05, 4.69) is 15.7 Å². The summed E-state index contributed by atoms with van der Waals surface area (Å²) in [5.74, 6) is -0.205. The van der Waals surface area contributed by atoms with Gasteiger partial charge in [0.05, 0.1) is 24.7 Å². The van der Waals surface area contributed by atoms with E-state index in [0.717, 1.165) is 25.2 Å². The molecule has 1 heterocycles. The minimum absolute atomic E-state index is 0.121. The zero-order valence-electron chi connectivity index (χ0n) is 9.72. The van der Waals surface area contributed by atoms with E-state index in [1.54, 1.807) is 12.1 Å². The minimum Gasteiger partial charge on any atom is -0.465 e. The lowest BCUT2D eigenvalue weighted by molar-refractivity contribution is 0.0601. The van der Waals surface area contributed by atoms with Gasteiger partial charge in [-0.05, 0) is 30.7 Å². The Morgan fingerprint density at radius 3 is 2.71 bits per heavy atom. The Labute approximate surface area is 100 Å². The maximum atomic E-state index is 11.3. The molecule has 1 aromatic carbocycles. The van der Waals surface area contributed by atoms with E-state index in [-0.39, 0.29) is 11.9 Å². The predicted octanol–water partition coefficient (Wildman–Crippen LogP) is 1.82. The zero-order chi connectivity index (χ0) is 12.3. The third kappa shape index (κ3) is 2.39. The van der Waals surface area contributed by atoms with E-state index in [9.17, 15) is 4.79 Å². The number of ether oxygens (including phenoxy) is 1. The molecule has 0 bridgehead atoms. The lowest BCUT2D eigenvalue weighted by atomic mass is 10.1. The summed E-state index contributed by atoms with van der Waals surface area (Å²) in [5.41, 5.74) is 1.60. The smallest absolute Gasteiger partial charge is 0.337 e. The number of benzene rings is 1. The Hall–Kier alpha value is -2.02. The summed E-state index contributed by atoms with van der Waals surface area (Å²) >= 11 is 0. The second-order valence-electron chi connectivity index (χ2n) is 4.10. The van der Waals surface area contributed by atoms with Gasteiger partial charge in [0.15, 0.2) is 0 Å². The van der Waals surface area contributed by atoms with E-state index >= 15 is 0 Å². The Morgan fingerprint density at radius 2 is 2.18 bits per heavy atom. The van der Waals surface area contributed by atoms with Crippen molar-refractivity contribution in [2.45, 2.75) is 6.42 Å². The highest BCUT2D eigenvalue weighted by molar-refractivity contribution is 5.89. The fourth-order valence-electron chi connectivity index (χ4n) is 2.03. The Kier molecular flexibility index (Phi) is 3.29. The average molecular weight is 230 g/mol. The highest BCUT2D eigenvalue weighted by atomic mass is 16.5. The summed E-state index contributed by atoms with van der Waals surface area (Å²) in [7, 11) is 1.37. The fourth-order valence-corrected chi connectivity index (χ4v) is 2.03. The van der Waals surface area contributed by atoms with Crippen LogP contribution in [-0.4, -0.2) is 26.2 Å². The minimum atomic E-state index is -0.326. The van der Waals surface area contributed by atoms with Crippen molar-refractivity contribution in [2.24, 2.45) is 5.92 Å². The van der Waals surface area contributed by atoms with Crippen LogP contribution in [0.2, 0.25) is 0 Å². The molecule has 0 aliphatic carbocycles. The van der Waals surface area contributed by atoms with Crippen LogP contribution in [0.4, 0.5) is 5.69 Å². The monoisotopic (exact) mass is 230 g/mol. The average Bonchev–Trinajstić information content (AvgIpc) is 2.87. The van der Waals surface area contributed by atoms with Gasteiger partial charge in [-0.25, -0.2) is 4.79 Å². The summed E-state index contributed by atoms with van der Waals surface area (Å²) < 4.78 is 4.64. The SMILES string of the molecule is COC(=O)c1ccc(N2CCC(C#N)C2)cc1. The zero-order valence-corrected chi connectivity index (χ0v) is 9.72. The van der Waals surface area contributed by atoms with Crippen LogP contribution in [0.15, 0.2) is 24.3 Å². The van der Waals surface area contributed by atoms with Crippen LogP contribution in [0, 0.1) is 17.2 Å². The predicted molar refractivity (Wildman–Crippen MR) is 63.7 cm³/mol. The first kappa shape index (κ1) is 11.5. The van der Waals surface area contributed by atoms with Crippen molar-refractivity contribution in [3.63, 3.8) is 0 Å². The number of esters is 1. The molecule has 0 amide bonds. The first-order valence-corrected chi connectivity index (χ1v) is 5.57. The molecule has 1 fully saturated rings. The van der Waals surface area contributed by atoms with Gasteiger partial charge in [0.25, 0.3) is 0 Å². The standard InChI is InChI=1S/C13H14N2O2/c1-17-13(16)11-2-4-12(5-3-11)15-7-6-10(8-14)9-15/h2-5,10H,6-7,9H2,1H3. The van der Waals surface area contributed by atoms with Gasteiger partial charge in [0.1, 0.15) is 0 Å². The highest BCUT2D eigenvalue weighted by Gasteiger charge is 2.22. The van der Waals surface area contributed by atoms with E-state index in [4.69, 9.17) is 5.26 Å². The van der Waals surface area contributed by atoms with Crippen molar-refractivity contribution in [3.05, 3.63) is 29.8 Å². The van der Waals surface area contributed by atoms with Crippen LogP contribution >= 0.6 is 0 Å². The number of anilines is 1. The van der Waals surface area contributed by atoms with E-state index in [1.165, 1.54) is 7.11 Å². The van der Waals surface area contributed by atoms with Gasteiger partial charge in [-0.3, -0.25) is 0 Å². The van der Waals surface area contributed by atoms with Crippen molar-refractivity contribution in [1.29, 1.82) is 5.26 Å². The maximum Gasteiger partial charge on any atom is 0.337 e. The highest BCUT2D eigenvalue weighted by Crippen LogP contribution is 2.23. The number of hydrogen-bond acceptors (Lipinski definition) is 4. The van der Waals surface area contributed by atoms with Crippen molar-refractivity contribution in [3.8, 4) is 6.07 Å². The number of carbonyl (C=O) groups is 1. The second-order valence-corrected chi connectivity index (χ2v) is 4.10. The molecule has 1 saturated heterocycles. The molecule has 4 nitrogen and oxygen atoms in total. The van der Waals surface area contributed by atoms with Gasteiger partial charge in [0.2, 0.25) is 0 Å². The number of nitrogens with zero attached hydrogens (tertiary/aromatic N) is 2. The molecule has 1 aliphatic heterocycles. The molecule has 0 N–H and O–H groups in total. The second kappa shape index (κ2) is 4.88. The quantitative estimate of drug-likeness (QED) is 0.727. The molecule has 17 heavy (non-hydrogen) atoms. The third-order valence-corrected chi connectivity index (χ3v) is 3.02. The number of rotatable bonds is 2. The van der Waals surface area contributed by atoms with Crippen LogP contribution in [0.1, 0.15) is 16.8 Å². The lowest BCUT2D eigenvalue weighted by Crippen LogP contribution is -2.19. The topological polar surface area (TPSA) is 53.3 Å². The molecule has 2 rings (SSSR count). The number of nitriles is 1. The molecule has 88 valence electrons. The van der Waals surface area contributed by atoms with Crippen molar-refractivity contribution in [1.82, 2.24) is 0 Å². The van der Waals surface area contributed by atoms with Gasteiger partial charge < -0.3 is 9.64 Å². The van der Waals surface area contributed by atoms with Crippen LogP contribution in [-0.2, 0) is 4.74 Å². The Morgan fingerprint density at radius 1 is 1.47 bits per heavy atom. The molecular formula is C13H14N2O2. The number of carbonyl (C=O) groups excluding carboxylic acids is 1. The van der Waals surface area contributed by atoms with E-state index < -0.39 is 0 Å². The van der Waals surface area contributed by atoms with Gasteiger partial charge in [0, 0.05) is 18.8 Å². The molecular weight excluding hydrogens is 216 g/mol. The van der Waals surface area contributed by atoms with Crippen LogP contribution in [0.25, 0.3) is 0 Å². The van der Waals surface area contributed by atoms with Crippen LogP contribution in [0.5, 0.6) is 0 Å². The molecule has 1 aliphatic rings. The Bertz CT molecular complexity index is 447. The largest absolute Gasteiger partial charge is 0.465 e. The first-order chi connectivity index (χ1) is 8.24. The summed E-state index contributed by atoms with van der Waals surface area (Å²) in [6, 6.07) is 9.58. The van der Waals surface area contributed by atoms with Gasteiger partial charge in [-0.1, -0.05) is 0 Å². The Balaban J connectivity index is 2.09. The van der Waals surface area contributed by atoms with Gasteiger partial charge >= 0.3 is 5.97 Å². The van der Waals surface area contributed by atoms with Crippen molar-refractivity contribution < 1.29 is 9.53 Å². The van der Waals surface area contributed by atoms with Crippen molar-refractivity contribution in [2.75, 3.05) is 25.1 Å². The summed E-state index contributed by atoms with van der Waals surface area (Å²) in [6.45, 7) is 1.67. The van der Waals surface area contributed by atoms with Crippen LogP contribution in [0.3, 0.4) is 0 Å². The summed E-state index contributed by atoms with van der Waals surface area (Å²) in [6.07, 6.45) is 0.912. The third-order valence-electron chi connectivity index (χ3n) is 3.02. The maximum absolute atomic E-state index is 11.3. The molecule has 0 spiro atoms. The molecule has 1 unspecified atom stereocenters. The molecule has 1 aromatic rings. The van der Waals surface area contributed by atoms with Crippen molar-refractivity contribution >= 4 is 11.7 Å². The number of hydrogen-bond donors (Lipinski definition) is 0. The number of methoxy groups -OCH3 is 1. The molecule has 0 saturated carbocycles. The fraction of sp³-hybridized carbons (Fsp3) is 0.385. The molecule has 0 aromatic heterocycles. The van der Waals surface area contributed by atoms with E-state index in [0.29, 0.717) is 5.56 Å². The summed E-state index contributed by atoms with van der Waals surface area (Å²) in [4.78, 5) is 13.4. The van der Waals surface area contributed by atoms with Crippen LogP contribution < -0.4 is 4.90 Å².